The molecule has 9 heteroatoms. The van der Waals surface area contributed by atoms with Crippen molar-refractivity contribution in [3.05, 3.63) is 53.5 Å². The van der Waals surface area contributed by atoms with Crippen LogP contribution in [0.5, 0.6) is 0 Å². The molecule has 144 valence electrons. The molecule has 0 aliphatic heterocycles. The third-order valence-corrected chi connectivity index (χ3v) is 3.70. The van der Waals surface area contributed by atoms with Crippen molar-refractivity contribution in [2.24, 2.45) is 5.92 Å². The smallest absolute Gasteiger partial charge is 0.340 e. The van der Waals surface area contributed by atoms with E-state index >= 15 is 0 Å². The average molecular weight is 380 g/mol. The first-order valence-corrected chi connectivity index (χ1v) is 7.97. The van der Waals surface area contributed by atoms with E-state index in [0.29, 0.717) is 6.07 Å². The van der Waals surface area contributed by atoms with E-state index in [1.54, 1.807) is 13.8 Å². The highest BCUT2D eigenvalue weighted by Crippen LogP contribution is 2.21. The summed E-state index contributed by atoms with van der Waals surface area (Å²) in [4.78, 5) is 36.2. The van der Waals surface area contributed by atoms with Crippen LogP contribution >= 0.6 is 0 Å². The van der Waals surface area contributed by atoms with Gasteiger partial charge in [0.25, 0.3) is 5.91 Å². The third-order valence-electron chi connectivity index (χ3n) is 3.70. The lowest BCUT2D eigenvalue weighted by Crippen LogP contribution is -2.47. The molecule has 0 saturated carbocycles. The molecular formula is C18H18F2N2O5. The molecule has 2 rings (SSSR count). The number of esters is 1. The zero-order valence-electron chi connectivity index (χ0n) is 14.8. The quantitative estimate of drug-likeness (QED) is 0.751. The largest absolute Gasteiger partial charge is 0.465 e. The molecule has 2 amide bonds. The van der Waals surface area contributed by atoms with Crippen molar-refractivity contribution in [3.63, 3.8) is 0 Å². The SMILES string of the molecule is COC(=O)c1cc(NC(=O)[C@@H](NC(=O)c2ccco2)C(C)C)c(F)cc1F. The van der Waals surface area contributed by atoms with Gasteiger partial charge in [-0.2, -0.15) is 0 Å². The number of nitrogens with one attached hydrogen (secondary N) is 2. The molecule has 0 bridgehead atoms. The molecule has 0 saturated heterocycles. The topological polar surface area (TPSA) is 97.6 Å². The molecular weight excluding hydrogens is 362 g/mol. The van der Waals surface area contributed by atoms with Crippen LogP contribution in [0.25, 0.3) is 0 Å². The molecule has 1 atom stereocenters. The summed E-state index contributed by atoms with van der Waals surface area (Å²) < 4.78 is 37.1. The maximum absolute atomic E-state index is 14.0. The Morgan fingerprint density at radius 3 is 2.41 bits per heavy atom. The number of halogens is 2. The Bertz CT molecular complexity index is 850. The Morgan fingerprint density at radius 2 is 1.85 bits per heavy atom. The van der Waals surface area contributed by atoms with Gasteiger partial charge in [-0.1, -0.05) is 13.8 Å². The van der Waals surface area contributed by atoms with Crippen LogP contribution in [0, 0.1) is 17.6 Å². The highest BCUT2D eigenvalue weighted by Gasteiger charge is 2.27. The monoisotopic (exact) mass is 380 g/mol. The molecule has 0 aliphatic rings. The van der Waals surface area contributed by atoms with Gasteiger partial charge in [-0.15, -0.1) is 0 Å². The van der Waals surface area contributed by atoms with Crippen LogP contribution < -0.4 is 10.6 Å². The second-order valence-corrected chi connectivity index (χ2v) is 5.97. The van der Waals surface area contributed by atoms with E-state index in [2.05, 4.69) is 15.4 Å². The second kappa shape index (κ2) is 8.43. The molecule has 0 spiro atoms. The zero-order chi connectivity index (χ0) is 20.1. The maximum Gasteiger partial charge on any atom is 0.340 e. The van der Waals surface area contributed by atoms with Crippen LogP contribution in [0.2, 0.25) is 0 Å². The lowest BCUT2D eigenvalue weighted by Gasteiger charge is -2.21. The second-order valence-electron chi connectivity index (χ2n) is 5.97. The van der Waals surface area contributed by atoms with Crippen molar-refractivity contribution in [1.29, 1.82) is 0 Å². The number of ether oxygens (including phenoxy) is 1. The Hall–Kier alpha value is -3.23. The Morgan fingerprint density at radius 1 is 1.15 bits per heavy atom. The van der Waals surface area contributed by atoms with E-state index in [1.165, 1.54) is 18.4 Å². The zero-order valence-corrected chi connectivity index (χ0v) is 14.8. The van der Waals surface area contributed by atoms with Gasteiger partial charge in [-0.3, -0.25) is 9.59 Å². The lowest BCUT2D eigenvalue weighted by molar-refractivity contribution is -0.118. The van der Waals surface area contributed by atoms with Gasteiger partial charge < -0.3 is 19.8 Å². The van der Waals surface area contributed by atoms with Gasteiger partial charge in [0.1, 0.15) is 17.7 Å². The molecule has 2 aromatic rings. The molecule has 7 nitrogen and oxygen atoms in total. The number of carbonyl (C=O) groups excluding carboxylic acids is 3. The highest BCUT2D eigenvalue weighted by molar-refractivity contribution is 6.01. The number of benzene rings is 1. The molecule has 0 aliphatic carbocycles. The summed E-state index contributed by atoms with van der Waals surface area (Å²) in [6, 6.07) is 3.20. The molecule has 2 N–H and O–H groups in total. The van der Waals surface area contributed by atoms with Gasteiger partial charge in [0, 0.05) is 6.07 Å². The van der Waals surface area contributed by atoms with Gasteiger partial charge in [0.2, 0.25) is 5.91 Å². The minimum Gasteiger partial charge on any atom is -0.465 e. The maximum atomic E-state index is 14.0. The first kappa shape index (κ1) is 20.1. The van der Waals surface area contributed by atoms with Crippen LogP contribution in [0.3, 0.4) is 0 Å². The van der Waals surface area contributed by atoms with E-state index in [1.807, 2.05) is 0 Å². The van der Waals surface area contributed by atoms with Crippen LogP contribution in [-0.2, 0) is 9.53 Å². The molecule has 27 heavy (non-hydrogen) atoms. The van der Waals surface area contributed by atoms with E-state index in [9.17, 15) is 23.2 Å². The van der Waals surface area contributed by atoms with Crippen molar-refractivity contribution >= 4 is 23.5 Å². The van der Waals surface area contributed by atoms with Crippen molar-refractivity contribution in [2.45, 2.75) is 19.9 Å². The fourth-order valence-corrected chi connectivity index (χ4v) is 2.28. The summed E-state index contributed by atoms with van der Waals surface area (Å²) in [6.45, 7) is 3.35. The fraction of sp³-hybridized carbons (Fsp3) is 0.278. The van der Waals surface area contributed by atoms with Gasteiger partial charge in [0.15, 0.2) is 5.76 Å². The van der Waals surface area contributed by atoms with Gasteiger partial charge >= 0.3 is 5.97 Å². The first-order valence-electron chi connectivity index (χ1n) is 7.97. The third kappa shape index (κ3) is 4.69. The Labute approximate surface area is 153 Å². The van der Waals surface area contributed by atoms with Crippen LogP contribution in [0.1, 0.15) is 34.8 Å². The van der Waals surface area contributed by atoms with Crippen molar-refractivity contribution in [2.75, 3.05) is 12.4 Å². The number of hydrogen-bond acceptors (Lipinski definition) is 5. The number of carbonyl (C=O) groups is 3. The minimum absolute atomic E-state index is 0.00869. The summed E-state index contributed by atoms with van der Waals surface area (Å²) in [5.41, 5.74) is -0.949. The van der Waals surface area contributed by atoms with E-state index < -0.39 is 46.7 Å². The minimum atomic E-state index is -1.12. The molecule has 0 radical (unpaired) electrons. The Kier molecular flexibility index (Phi) is 6.27. The summed E-state index contributed by atoms with van der Waals surface area (Å²) in [5, 5.41) is 4.74. The average Bonchev–Trinajstić information content (AvgIpc) is 3.15. The Balaban J connectivity index is 2.22. The number of amides is 2. The first-order chi connectivity index (χ1) is 12.7. The molecule has 1 heterocycles. The lowest BCUT2D eigenvalue weighted by atomic mass is 10.0. The number of methoxy groups -OCH3 is 1. The van der Waals surface area contributed by atoms with E-state index in [4.69, 9.17) is 4.42 Å². The van der Waals surface area contributed by atoms with Crippen molar-refractivity contribution in [1.82, 2.24) is 5.32 Å². The van der Waals surface area contributed by atoms with Crippen LogP contribution in [0.15, 0.2) is 34.9 Å². The standard InChI is InChI=1S/C18H18F2N2O5/c1-9(2)15(22-16(23)14-5-4-6-27-14)17(24)21-13-7-10(18(25)26-3)11(19)8-12(13)20/h4-9,15H,1-3H3,(H,21,24)(H,22,23)/t15-/m0/s1. The molecule has 0 fully saturated rings. The molecule has 0 unspecified atom stereocenters. The number of rotatable bonds is 6. The van der Waals surface area contributed by atoms with Crippen LogP contribution in [-0.4, -0.2) is 30.9 Å². The number of anilines is 1. The molecule has 1 aromatic carbocycles. The van der Waals surface area contributed by atoms with Crippen molar-refractivity contribution < 1.29 is 32.3 Å². The summed E-state index contributed by atoms with van der Waals surface area (Å²) in [6.07, 6.45) is 1.31. The van der Waals surface area contributed by atoms with E-state index in [0.717, 1.165) is 13.2 Å². The van der Waals surface area contributed by atoms with Crippen LogP contribution in [0.4, 0.5) is 14.5 Å². The van der Waals surface area contributed by atoms with Gasteiger partial charge in [0.05, 0.1) is 24.6 Å². The number of furan rings is 1. The summed E-state index contributed by atoms with van der Waals surface area (Å²) >= 11 is 0. The summed E-state index contributed by atoms with van der Waals surface area (Å²) in [5.74, 6) is -4.93. The van der Waals surface area contributed by atoms with Gasteiger partial charge in [-0.05, 0) is 24.1 Å². The van der Waals surface area contributed by atoms with Crippen molar-refractivity contribution in [3.8, 4) is 0 Å². The normalized spacial score (nSPS) is 11.8. The fourth-order valence-electron chi connectivity index (χ4n) is 2.28. The number of hydrogen-bond donors (Lipinski definition) is 2. The predicted octanol–water partition coefficient (Wildman–Crippen LogP) is 2.74. The molecule has 1 aromatic heterocycles. The van der Waals surface area contributed by atoms with Gasteiger partial charge in [-0.25, -0.2) is 13.6 Å². The predicted molar refractivity (Wildman–Crippen MR) is 91.1 cm³/mol. The van der Waals surface area contributed by atoms with E-state index in [-0.39, 0.29) is 11.7 Å². The highest BCUT2D eigenvalue weighted by atomic mass is 19.1. The summed E-state index contributed by atoms with van der Waals surface area (Å²) in [7, 11) is 1.04.